The Kier molecular flexibility index (Phi) is 4.61. The molecule has 4 atom stereocenters. The molecule has 2 aliphatic carbocycles. The van der Waals surface area contributed by atoms with Crippen molar-refractivity contribution >= 4 is 16.6 Å². The number of halogens is 1. The van der Waals surface area contributed by atoms with Crippen LogP contribution in [0.15, 0.2) is 48.9 Å². The molecule has 4 aliphatic rings. The summed E-state index contributed by atoms with van der Waals surface area (Å²) in [4.78, 5) is 9.46. The molecule has 4 heterocycles. The molecule has 3 aromatic rings. The number of likely N-dealkylation sites (tertiary alicyclic amines) is 1. The number of hydrogen-bond donors (Lipinski definition) is 1. The molecule has 1 N–H and O–H groups in total. The summed E-state index contributed by atoms with van der Waals surface area (Å²) < 4.78 is 15.0. The van der Waals surface area contributed by atoms with Crippen LogP contribution in [-0.2, 0) is 13.1 Å². The molecule has 0 bridgehead atoms. The summed E-state index contributed by atoms with van der Waals surface area (Å²) in [6.45, 7) is 7.79. The van der Waals surface area contributed by atoms with Crippen LogP contribution < -0.4 is 5.32 Å². The minimum atomic E-state index is -0.312. The summed E-state index contributed by atoms with van der Waals surface area (Å²) in [6.07, 6.45) is 9.44. The van der Waals surface area contributed by atoms with Gasteiger partial charge in [0.25, 0.3) is 0 Å². The highest BCUT2D eigenvalue weighted by Crippen LogP contribution is 2.66. The summed E-state index contributed by atoms with van der Waals surface area (Å²) in [5.41, 5.74) is 4.98. The molecule has 176 valence electrons. The molecule has 3 fully saturated rings. The maximum Gasteiger partial charge on any atom is 0.130 e. The van der Waals surface area contributed by atoms with Gasteiger partial charge in [-0.2, -0.15) is 5.10 Å². The second-order valence-electron chi connectivity index (χ2n) is 10.5. The van der Waals surface area contributed by atoms with Gasteiger partial charge in [0.1, 0.15) is 12.5 Å². The van der Waals surface area contributed by atoms with E-state index in [0.717, 1.165) is 77.2 Å². The van der Waals surface area contributed by atoms with Crippen molar-refractivity contribution in [3.8, 4) is 11.1 Å². The summed E-state index contributed by atoms with van der Waals surface area (Å²) >= 11 is 0. The number of piperidine rings is 1. The molecular formula is C27H31FN6. The van der Waals surface area contributed by atoms with Crippen molar-refractivity contribution in [1.82, 2.24) is 24.6 Å². The molecule has 0 radical (unpaired) electrons. The fourth-order valence-corrected chi connectivity index (χ4v) is 7.00. The molecular weight excluding hydrogens is 427 g/mol. The predicted molar refractivity (Wildman–Crippen MR) is 132 cm³/mol. The van der Waals surface area contributed by atoms with E-state index in [0.29, 0.717) is 12.1 Å². The molecule has 1 saturated heterocycles. The van der Waals surface area contributed by atoms with Crippen LogP contribution in [0.3, 0.4) is 0 Å². The van der Waals surface area contributed by atoms with Gasteiger partial charge in [0.05, 0.1) is 18.4 Å². The minimum absolute atomic E-state index is 0.312. The van der Waals surface area contributed by atoms with Gasteiger partial charge >= 0.3 is 0 Å². The lowest BCUT2D eigenvalue weighted by Crippen LogP contribution is -2.38. The maximum atomic E-state index is 12.9. The normalized spacial score (nSPS) is 29.3. The monoisotopic (exact) mass is 458 g/mol. The fraction of sp³-hybridized carbons (Fsp3) is 0.481. The molecule has 1 aromatic carbocycles. The van der Waals surface area contributed by atoms with Crippen LogP contribution in [-0.4, -0.2) is 62.5 Å². The number of benzene rings is 1. The first kappa shape index (κ1) is 20.6. The quantitative estimate of drug-likeness (QED) is 0.531. The van der Waals surface area contributed by atoms with Crippen molar-refractivity contribution in [2.75, 3.05) is 31.6 Å². The van der Waals surface area contributed by atoms with Gasteiger partial charge < -0.3 is 5.32 Å². The van der Waals surface area contributed by atoms with Gasteiger partial charge in [0.2, 0.25) is 0 Å². The number of rotatable bonds is 7. The van der Waals surface area contributed by atoms with E-state index >= 15 is 0 Å². The Bertz CT molecular complexity index is 1280. The molecule has 1 spiro atoms. The van der Waals surface area contributed by atoms with E-state index < -0.39 is 0 Å². The van der Waals surface area contributed by atoms with Crippen LogP contribution in [0.5, 0.6) is 0 Å². The van der Waals surface area contributed by atoms with Gasteiger partial charge in [-0.3, -0.25) is 14.5 Å². The van der Waals surface area contributed by atoms with E-state index in [9.17, 15) is 4.39 Å². The third-order valence-corrected chi connectivity index (χ3v) is 8.86. The van der Waals surface area contributed by atoms with E-state index in [1.54, 1.807) is 0 Å². The Balaban J connectivity index is 1.10. The third-order valence-electron chi connectivity index (χ3n) is 8.86. The Morgan fingerprint density at radius 3 is 2.91 bits per heavy atom. The number of aromatic nitrogens is 3. The van der Waals surface area contributed by atoms with Crippen molar-refractivity contribution in [3.63, 3.8) is 0 Å². The number of anilines is 1. The number of hydrogen-bond acceptors (Lipinski definition) is 5. The van der Waals surface area contributed by atoms with Gasteiger partial charge in [-0.15, -0.1) is 0 Å². The highest BCUT2D eigenvalue weighted by atomic mass is 19.1. The zero-order valence-electron chi connectivity index (χ0n) is 19.5. The Morgan fingerprint density at radius 2 is 2.09 bits per heavy atom. The molecule has 34 heavy (non-hydrogen) atoms. The van der Waals surface area contributed by atoms with Crippen molar-refractivity contribution < 1.29 is 4.39 Å². The van der Waals surface area contributed by atoms with Crippen LogP contribution in [0.4, 0.5) is 10.2 Å². The summed E-state index contributed by atoms with van der Waals surface area (Å²) in [7, 11) is 0. The molecule has 2 aromatic heterocycles. The van der Waals surface area contributed by atoms with Crippen LogP contribution in [0.1, 0.15) is 31.4 Å². The number of nitrogens with one attached hydrogen (secondary N) is 1. The zero-order valence-corrected chi connectivity index (χ0v) is 19.5. The Labute approximate surface area is 199 Å². The minimum Gasteiger partial charge on any atom is -0.343 e. The lowest BCUT2D eigenvalue weighted by molar-refractivity contribution is 0.166. The summed E-state index contributed by atoms with van der Waals surface area (Å²) in [5, 5.41) is 10.3. The van der Waals surface area contributed by atoms with Crippen molar-refractivity contribution in [3.05, 3.63) is 54.6 Å². The Hall–Kier alpha value is -2.77. The standard InChI is InChI=1S/C27H31FN6/c1-18(16-33-25-5-4-22-6-7-27(22,25)33)31-26-13-21-12-19(2-3-20(21)14-29-26)23-15-30-34-11-10-32(9-8-28)17-24(23)34/h2-3,12-15,22,25H,1,4-11,16-17H2,(H,29,31). The number of pyridine rings is 1. The van der Waals surface area contributed by atoms with Gasteiger partial charge in [0.15, 0.2) is 0 Å². The number of alkyl halides is 1. The van der Waals surface area contributed by atoms with E-state index in [1.165, 1.54) is 25.7 Å². The van der Waals surface area contributed by atoms with Crippen LogP contribution in [0, 0.1) is 5.92 Å². The summed E-state index contributed by atoms with van der Waals surface area (Å²) in [5.74, 6) is 1.77. The zero-order chi connectivity index (χ0) is 22.9. The molecule has 4 unspecified atom stereocenters. The number of fused-ring (bicyclic) bond motifs is 2. The average Bonchev–Trinajstić information content (AvgIpc) is 3.13. The highest BCUT2D eigenvalue weighted by molar-refractivity contribution is 5.88. The first-order valence-electron chi connectivity index (χ1n) is 12.6. The second-order valence-corrected chi connectivity index (χ2v) is 10.5. The van der Waals surface area contributed by atoms with Gasteiger partial charge in [0, 0.05) is 60.6 Å². The maximum absolute atomic E-state index is 12.9. The van der Waals surface area contributed by atoms with Crippen molar-refractivity contribution in [1.29, 1.82) is 0 Å². The highest BCUT2D eigenvalue weighted by Gasteiger charge is 2.73. The number of nitrogens with zero attached hydrogens (tertiary/aromatic N) is 5. The van der Waals surface area contributed by atoms with Gasteiger partial charge in [-0.1, -0.05) is 18.7 Å². The topological polar surface area (TPSA) is 49.0 Å². The lowest BCUT2D eigenvalue weighted by Gasteiger charge is -2.36. The van der Waals surface area contributed by atoms with Gasteiger partial charge in [-0.25, -0.2) is 9.37 Å². The SMILES string of the molecule is C=C(CN1C2CCC3CCC321)Nc1cc2cc(-c3cnn4c3CN(CCF)CC4)ccc2cn1. The molecule has 7 heteroatoms. The molecule has 2 saturated carbocycles. The molecule has 0 amide bonds. The Morgan fingerprint density at radius 1 is 1.15 bits per heavy atom. The van der Waals surface area contributed by atoms with Crippen LogP contribution >= 0.6 is 0 Å². The average molecular weight is 459 g/mol. The van der Waals surface area contributed by atoms with Crippen LogP contribution in [0.2, 0.25) is 0 Å². The fourth-order valence-electron chi connectivity index (χ4n) is 7.00. The first-order chi connectivity index (χ1) is 16.7. The summed E-state index contributed by atoms with van der Waals surface area (Å²) in [6, 6.07) is 9.37. The molecule has 6 nitrogen and oxygen atoms in total. The van der Waals surface area contributed by atoms with Gasteiger partial charge in [-0.05, 0) is 54.7 Å². The lowest BCUT2D eigenvalue weighted by atomic mass is 9.74. The molecule has 7 rings (SSSR count). The third kappa shape index (κ3) is 3.06. The predicted octanol–water partition coefficient (Wildman–Crippen LogP) is 4.44. The van der Waals surface area contributed by atoms with E-state index in [2.05, 4.69) is 60.7 Å². The molecule has 2 aliphatic heterocycles. The first-order valence-corrected chi connectivity index (χ1v) is 12.6. The largest absolute Gasteiger partial charge is 0.343 e. The van der Waals surface area contributed by atoms with Crippen molar-refractivity contribution in [2.45, 2.75) is 50.4 Å². The smallest absolute Gasteiger partial charge is 0.130 e. The second kappa shape index (κ2) is 7.62. The van der Waals surface area contributed by atoms with E-state index in [4.69, 9.17) is 0 Å². The van der Waals surface area contributed by atoms with Crippen LogP contribution in [0.25, 0.3) is 21.9 Å². The van der Waals surface area contributed by atoms with E-state index in [-0.39, 0.29) is 6.67 Å². The van der Waals surface area contributed by atoms with Crippen molar-refractivity contribution in [2.24, 2.45) is 5.92 Å². The van der Waals surface area contributed by atoms with E-state index in [1.807, 2.05) is 12.4 Å².